The Bertz CT molecular complexity index is 665. The van der Waals surface area contributed by atoms with E-state index in [-0.39, 0.29) is 5.91 Å². The Balaban J connectivity index is 2.16. The maximum atomic E-state index is 12.5. The maximum Gasteiger partial charge on any atom is 0.252 e. The maximum absolute atomic E-state index is 12.5. The summed E-state index contributed by atoms with van der Waals surface area (Å²) < 4.78 is 0. The lowest BCUT2D eigenvalue weighted by Crippen LogP contribution is -2.44. The van der Waals surface area contributed by atoms with Crippen LogP contribution in [0.15, 0.2) is 42.5 Å². The average Bonchev–Trinajstić information content (AvgIpc) is 2.53. The lowest BCUT2D eigenvalue weighted by molar-refractivity contribution is -0.120. The van der Waals surface area contributed by atoms with Gasteiger partial charge in [0.05, 0.1) is 0 Å². The number of carbonyl (C=O) groups excluding carboxylic acids is 2. The quantitative estimate of drug-likeness (QED) is 0.676. The zero-order valence-electron chi connectivity index (χ0n) is 12.4. The number of nitrogens with one attached hydrogen (secondary N) is 1. The van der Waals surface area contributed by atoms with Crippen molar-refractivity contribution in [1.29, 1.82) is 0 Å². The summed E-state index contributed by atoms with van der Waals surface area (Å²) in [5.74, 6) is -0.807. The van der Waals surface area contributed by atoms with Crippen molar-refractivity contribution >= 4 is 22.6 Å². The normalized spacial score (nSPS) is 12.0. The van der Waals surface area contributed by atoms with Gasteiger partial charge in [0.15, 0.2) is 0 Å². The Morgan fingerprint density at radius 2 is 1.77 bits per heavy atom. The zero-order chi connectivity index (χ0) is 15.9. The highest BCUT2D eigenvalue weighted by molar-refractivity contribution is 6.08. The van der Waals surface area contributed by atoms with Gasteiger partial charge in [-0.2, -0.15) is 0 Å². The van der Waals surface area contributed by atoms with Crippen LogP contribution in [0.5, 0.6) is 0 Å². The van der Waals surface area contributed by atoms with Gasteiger partial charge in [-0.05, 0) is 42.6 Å². The number of fused-ring (bicyclic) bond motifs is 1. The second kappa shape index (κ2) is 7.56. The van der Waals surface area contributed by atoms with Crippen molar-refractivity contribution in [1.82, 2.24) is 5.32 Å². The number of primary amides is 1. The van der Waals surface area contributed by atoms with Crippen LogP contribution in [-0.4, -0.2) is 24.4 Å². The molecule has 0 aliphatic heterocycles. The second-order valence-corrected chi connectivity index (χ2v) is 5.24. The van der Waals surface area contributed by atoms with E-state index >= 15 is 0 Å². The number of benzene rings is 2. The van der Waals surface area contributed by atoms with Crippen molar-refractivity contribution in [3.8, 4) is 0 Å². The Morgan fingerprint density at radius 3 is 2.50 bits per heavy atom. The van der Waals surface area contributed by atoms with E-state index in [4.69, 9.17) is 11.5 Å². The predicted octanol–water partition coefficient (Wildman–Crippen LogP) is 1.55. The zero-order valence-corrected chi connectivity index (χ0v) is 12.4. The van der Waals surface area contributed by atoms with Crippen molar-refractivity contribution in [3.63, 3.8) is 0 Å². The van der Waals surface area contributed by atoms with Crippen LogP contribution in [-0.2, 0) is 4.79 Å². The highest BCUT2D eigenvalue weighted by Crippen LogP contribution is 2.18. The van der Waals surface area contributed by atoms with Crippen LogP contribution >= 0.6 is 0 Å². The summed E-state index contributed by atoms with van der Waals surface area (Å²) in [4.78, 5) is 24.0. The number of hydrogen-bond acceptors (Lipinski definition) is 3. The third kappa shape index (κ3) is 3.83. The van der Waals surface area contributed by atoms with Crippen molar-refractivity contribution in [2.75, 3.05) is 6.54 Å². The van der Waals surface area contributed by atoms with E-state index < -0.39 is 11.9 Å². The Hall–Kier alpha value is -2.40. The van der Waals surface area contributed by atoms with E-state index in [9.17, 15) is 9.59 Å². The number of carbonyl (C=O) groups is 2. The van der Waals surface area contributed by atoms with Gasteiger partial charge in [0.2, 0.25) is 5.91 Å². The smallest absolute Gasteiger partial charge is 0.252 e. The standard InChI is InChI=1S/C17H21N3O2/c18-11-4-3-10-15(16(19)21)20-17(22)14-9-5-7-12-6-1-2-8-13(12)14/h1-2,5-9,15H,3-4,10-11,18H2,(H2,19,21)(H,20,22)/t15-/m0/s1. The van der Waals surface area contributed by atoms with E-state index in [0.717, 1.165) is 23.6 Å². The second-order valence-electron chi connectivity index (χ2n) is 5.24. The molecule has 0 fully saturated rings. The molecule has 2 aromatic rings. The monoisotopic (exact) mass is 299 g/mol. The fraction of sp³-hybridized carbons (Fsp3) is 0.294. The topological polar surface area (TPSA) is 98.2 Å². The fourth-order valence-electron chi connectivity index (χ4n) is 2.44. The molecule has 0 saturated carbocycles. The summed E-state index contributed by atoms with van der Waals surface area (Å²) in [5.41, 5.74) is 11.4. The molecular formula is C17H21N3O2. The molecule has 0 radical (unpaired) electrons. The van der Waals surface area contributed by atoms with Gasteiger partial charge in [-0.1, -0.05) is 36.4 Å². The van der Waals surface area contributed by atoms with Gasteiger partial charge < -0.3 is 16.8 Å². The van der Waals surface area contributed by atoms with Crippen molar-refractivity contribution in [2.24, 2.45) is 11.5 Å². The lowest BCUT2D eigenvalue weighted by Gasteiger charge is -2.16. The Kier molecular flexibility index (Phi) is 5.49. The molecule has 116 valence electrons. The number of amides is 2. The third-order valence-corrected chi connectivity index (χ3v) is 3.63. The molecule has 0 spiro atoms. The highest BCUT2D eigenvalue weighted by Gasteiger charge is 2.19. The van der Waals surface area contributed by atoms with Gasteiger partial charge >= 0.3 is 0 Å². The Morgan fingerprint density at radius 1 is 1.05 bits per heavy atom. The molecule has 0 aromatic heterocycles. The van der Waals surface area contributed by atoms with Gasteiger partial charge in [-0.15, -0.1) is 0 Å². The summed E-state index contributed by atoms with van der Waals surface area (Å²) in [6.07, 6.45) is 2.05. The van der Waals surface area contributed by atoms with Crippen LogP contribution < -0.4 is 16.8 Å². The molecule has 5 nitrogen and oxygen atoms in total. The summed E-state index contributed by atoms with van der Waals surface area (Å²) in [6.45, 7) is 0.558. The SMILES string of the molecule is NCCCC[C@H](NC(=O)c1cccc2ccccc12)C(N)=O. The minimum atomic E-state index is -0.669. The predicted molar refractivity (Wildman–Crippen MR) is 87.3 cm³/mol. The minimum Gasteiger partial charge on any atom is -0.368 e. The molecule has 0 heterocycles. The van der Waals surface area contributed by atoms with Crippen molar-refractivity contribution in [3.05, 3.63) is 48.0 Å². The van der Waals surface area contributed by atoms with Crippen molar-refractivity contribution < 1.29 is 9.59 Å². The molecule has 0 unspecified atom stereocenters. The molecule has 2 amide bonds. The molecule has 0 aliphatic carbocycles. The molecule has 22 heavy (non-hydrogen) atoms. The van der Waals surface area contributed by atoms with Crippen molar-refractivity contribution in [2.45, 2.75) is 25.3 Å². The molecule has 2 aromatic carbocycles. The first kappa shape index (κ1) is 16.0. The fourth-order valence-corrected chi connectivity index (χ4v) is 2.44. The van der Waals surface area contributed by atoms with E-state index in [1.165, 1.54) is 0 Å². The molecule has 0 bridgehead atoms. The number of unbranched alkanes of at least 4 members (excludes halogenated alkanes) is 1. The van der Waals surface area contributed by atoms with E-state index in [2.05, 4.69) is 5.32 Å². The van der Waals surface area contributed by atoms with E-state index in [0.29, 0.717) is 18.5 Å². The van der Waals surface area contributed by atoms with Gasteiger partial charge in [-0.3, -0.25) is 9.59 Å². The molecule has 0 saturated heterocycles. The lowest BCUT2D eigenvalue weighted by atomic mass is 10.0. The molecule has 2 rings (SSSR count). The summed E-state index contributed by atoms with van der Waals surface area (Å²) in [7, 11) is 0. The van der Waals surface area contributed by atoms with E-state index in [1.54, 1.807) is 6.07 Å². The van der Waals surface area contributed by atoms with E-state index in [1.807, 2.05) is 36.4 Å². The minimum absolute atomic E-state index is 0.284. The van der Waals surface area contributed by atoms with Crippen LogP contribution in [0.3, 0.4) is 0 Å². The average molecular weight is 299 g/mol. The third-order valence-electron chi connectivity index (χ3n) is 3.63. The highest BCUT2D eigenvalue weighted by atomic mass is 16.2. The van der Waals surface area contributed by atoms with Crippen LogP contribution in [0, 0.1) is 0 Å². The van der Waals surface area contributed by atoms with Crippen LogP contribution in [0.25, 0.3) is 10.8 Å². The van der Waals surface area contributed by atoms with Crippen LogP contribution in [0.4, 0.5) is 0 Å². The van der Waals surface area contributed by atoms with Gasteiger partial charge in [-0.25, -0.2) is 0 Å². The number of rotatable bonds is 7. The van der Waals surface area contributed by atoms with Gasteiger partial charge in [0.1, 0.15) is 6.04 Å². The van der Waals surface area contributed by atoms with Crippen LogP contribution in [0.1, 0.15) is 29.6 Å². The number of nitrogens with two attached hydrogens (primary N) is 2. The molecular weight excluding hydrogens is 278 g/mol. The first-order valence-corrected chi connectivity index (χ1v) is 7.41. The summed E-state index contributed by atoms with van der Waals surface area (Å²) >= 11 is 0. The Labute approximate surface area is 129 Å². The first-order valence-electron chi connectivity index (χ1n) is 7.41. The largest absolute Gasteiger partial charge is 0.368 e. The van der Waals surface area contributed by atoms with Gasteiger partial charge in [0.25, 0.3) is 5.91 Å². The van der Waals surface area contributed by atoms with Crippen LogP contribution in [0.2, 0.25) is 0 Å². The molecule has 5 N–H and O–H groups in total. The van der Waals surface area contributed by atoms with Gasteiger partial charge in [0, 0.05) is 5.56 Å². The number of hydrogen-bond donors (Lipinski definition) is 3. The molecule has 5 heteroatoms. The summed E-state index contributed by atoms with van der Waals surface area (Å²) in [6, 6.07) is 12.5. The summed E-state index contributed by atoms with van der Waals surface area (Å²) in [5, 5.41) is 4.56. The first-order chi connectivity index (χ1) is 10.6. The molecule has 1 atom stereocenters. The molecule has 0 aliphatic rings.